The Labute approximate surface area is 125 Å². The van der Waals surface area contributed by atoms with E-state index in [0.717, 1.165) is 24.9 Å². The molecule has 2 rings (SSSR count). The third-order valence-corrected chi connectivity index (χ3v) is 3.91. The van der Waals surface area contributed by atoms with Crippen LogP contribution < -0.4 is 4.90 Å². The molecule has 0 aromatic heterocycles. The fraction of sp³-hybridized carbons (Fsp3) is 0.500. The van der Waals surface area contributed by atoms with E-state index in [1.807, 2.05) is 37.2 Å². The molecule has 1 aromatic carbocycles. The Morgan fingerprint density at radius 2 is 2.10 bits per heavy atom. The molecule has 1 fully saturated rings. The van der Waals surface area contributed by atoms with Crippen molar-refractivity contribution in [1.82, 2.24) is 4.90 Å². The molecule has 1 heterocycles. The summed E-state index contributed by atoms with van der Waals surface area (Å²) >= 11 is 0. The van der Waals surface area contributed by atoms with Gasteiger partial charge in [0.05, 0.1) is 6.42 Å². The van der Waals surface area contributed by atoms with E-state index >= 15 is 0 Å². The number of carboxylic acid groups (broad SMARTS) is 1. The van der Waals surface area contributed by atoms with Crippen LogP contribution in [0.1, 0.15) is 36.0 Å². The molecule has 1 aliphatic rings. The van der Waals surface area contributed by atoms with Crippen molar-refractivity contribution in [3.63, 3.8) is 0 Å². The fourth-order valence-electron chi connectivity index (χ4n) is 2.76. The van der Waals surface area contributed by atoms with Crippen molar-refractivity contribution < 1.29 is 14.7 Å². The number of carbonyl (C=O) groups is 2. The summed E-state index contributed by atoms with van der Waals surface area (Å²) in [6.45, 7) is 0.642. The summed E-state index contributed by atoms with van der Waals surface area (Å²) in [4.78, 5) is 27.3. The minimum absolute atomic E-state index is 0.0269. The van der Waals surface area contributed by atoms with Crippen LogP contribution in [0.4, 0.5) is 5.69 Å². The third-order valence-electron chi connectivity index (χ3n) is 3.91. The van der Waals surface area contributed by atoms with Crippen LogP contribution in [0.3, 0.4) is 0 Å². The summed E-state index contributed by atoms with van der Waals surface area (Å²) in [6, 6.07) is 7.27. The average molecular weight is 290 g/mol. The molecule has 0 radical (unpaired) electrons. The number of piperidine rings is 1. The largest absolute Gasteiger partial charge is 0.481 e. The van der Waals surface area contributed by atoms with Crippen molar-refractivity contribution in [3.05, 3.63) is 29.8 Å². The van der Waals surface area contributed by atoms with E-state index in [-0.39, 0.29) is 18.4 Å². The Hall–Kier alpha value is -2.04. The van der Waals surface area contributed by atoms with Crippen LogP contribution in [-0.4, -0.2) is 48.6 Å². The van der Waals surface area contributed by atoms with E-state index in [1.54, 1.807) is 11.0 Å². The standard InChI is InChI=1S/C16H22N2O3/c1-17(2)13-8-5-6-12(10-13)16(21)18-9-4-3-7-14(18)11-15(19)20/h5-6,8,10,14H,3-4,7,9,11H2,1-2H3,(H,19,20). The Morgan fingerprint density at radius 3 is 2.76 bits per heavy atom. The van der Waals surface area contributed by atoms with Gasteiger partial charge < -0.3 is 14.9 Å². The summed E-state index contributed by atoms with van der Waals surface area (Å²) in [5, 5.41) is 9.01. The summed E-state index contributed by atoms with van der Waals surface area (Å²) < 4.78 is 0. The van der Waals surface area contributed by atoms with Gasteiger partial charge in [-0.15, -0.1) is 0 Å². The highest BCUT2D eigenvalue weighted by Gasteiger charge is 2.29. The number of rotatable bonds is 4. The highest BCUT2D eigenvalue weighted by atomic mass is 16.4. The number of nitrogens with zero attached hydrogens (tertiary/aromatic N) is 2. The number of anilines is 1. The first kappa shape index (κ1) is 15.4. The molecule has 114 valence electrons. The van der Waals surface area contributed by atoms with Gasteiger partial charge in [-0.3, -0.25) is 9.59 Å². The first-order valence-corrected chi connectivity index (χ1v) is 7.29. The monoisotopic (exact) mass is 290 g/mol. The van der Waals surface area contributed by atoms with Gasteiger partial charge in [0.1, 0.15) is 0 Å². The molecule has 1 aromatic rings. The topological polar surface area (TPSA) is 60.9 Å². The first-order valence-electron chi connectivity index (χ1n) is 7.29. The van der Waals surface area contributed by atoms with Gasteiger partial charge in [0.15, 0.2) is 0 Å². The molecule has 1 unspecified atom stereocenters. The summed E-state index contributed by atoms with van der Waals surface area (Å²) in [7, 11) is 3.86. The molecule has 0 aliphatic carbocycles. The van der Waals surface area contributed by atoms with Gasteiger partial charge in [-0.1, -0.05) is 6.07 Å². The second-order valence-electron chi connectivity index (χ2n) is 5.69. The van der Waals surface area contributed by atoms with Gasteiger partial charge in [-0.2, -0.15) is 0 Å². The van der Waals surface area contributed by atoms with Crippen molar-refractivity contribution in [2.75, 3.05) is 25.5 Å². The van der Waals surface area contributed by atoms with Crippen molar-refractivity contribution in [3.8, 4) is 0 Å². The van der Waals surface area contributed by atoms with Crippen LogP contribution in [0.15, 0.2) is 24.3 Å². The smallest absolute Gasteiger partial charge is 0.305 e. The first-order chi connectivity index (χ1) is 9.99. The number of amides is 1. The number of hydrogen-bond donors (Lipinski definition) is 1. The molecule has 1 N–H and O–H groups in total. The van der Waals surface area contributed by atoms with E-state index < -0.39 is 5.97 Å². The zero-order valence-corrected chi connectivity index (χ0v) is 12.6. The zero-order chi connectivity index (χ0) is 15.4. The second kappa shape index (κ2) is 6.61. The fourth-order valence-corrected chi connectivity index (χ4v) is 2.76. The minimum Gasteiger partial charge on any atom is -0.481 e. The molecular weight excluding hydrogens is 268 g/mol. The molecule has 1 atom stereocenters. The number of benzene rings is 1. The lowest BCUT2D eigenvalue weighted by atomic mass is 9.98. The van der Waals surface area contributed by atoms with Gasteiger partial charge in [-0.05, 0) is 37.5 Å². The summed E-state index contributed by atoms with van der Waals surface area (Å²) in [6.07, 6.45) is 2.72. The van der Waals surface area contributed by atoms with Crippen LogP contribution in [-0.2, 0) is 4.79 Å². The van der Waals surface area contributed by atoms with E-state index in [4.69, 9.17) is 5.11 Å². The van der Waals surface area contributed by atoms with Crippen molar-refractivity contribution in [1.29, 1.82) is 0 Å². The number of carboxylic acids is 1. The third kappa shape index (κ3) is 3.74. The molecule has 0 spiro atoms. The highest BCUT2D eigenvalue weighted by Crippen LogP contribution is 2.23. The summed E-state index contributed by atoms with van der Waals surface area (Å²) in [5.41, 5.74) is 1.59. The van der Waals surface area contributed by atoms with E-state index in [0.29, 0.717) is 12.1 Å². The zero-order valence-electron chi connectivity index (χ0n) is 12.6. The van der Waals surface area contributed by atoms with Gasteiger partial charge in [0.2, 0.25) is 0 Å². The number of carbonyl (C=O) groups excluding carboxylic acids is 1. The molecule has 5 nitrogen and oxygen atoms in total. The SMILES string of the molecule is CN(C)c1cccc(C(=O)N2CCCCC2CC(=O)O)c1. The lowest BCUT2D eigenvalue weighted by Gasteiger charge is -2.35. The van der Waals surface area contributed by atoms with Crippen molar-refractivity contribution in [2.24, 2.45) is 0 Å². The van der Waals surface area contributed by atoms with Crippen LogP contribution in [0.25, 0.3) is 0 Å². The number of likely N-dealkylation sites (tertiary alicyclic amines) is 1. The quantitative estimate of drug-likeness (QED) is 0.923. The van der Waals surface area contributed by atoms with E-state index in [2.05, 4.69) is 0 Å². The molecule has 5 heteroatoms. The van der Waals surface area contributed by atoms with Crippen LogP contribution in [0.5, 0.6) is 0 Å². The molecule has 1 saturated heterocycles. The maximum Gasteiger partial charge on any atom is 0.305 e. The predicted octanol–water partition coefficient (Wildman–Crippen LogP) is 2.22. The van der Waals surface area contributed by atoms with Crippen molar-refractivity contribution in [2.45, 2.75) is 31.7 Å². The van der Waals surface area contributed by atoms with Gasteiger partial charge >= 0.3 is 5.97 Å². The number of hydrogen-bond acceptors (Lipinski definition) is 3. The molecule has 1 amide bonds. The Kier molecular flexibility index (Phi) is 4.83. The summed E-state index contributed by atoms with van der Waals surface area (Å²) in [5.74, 6) is -0.911. The lowest BCUT2D eigenvalue weighted by Crippen LogP contribution is -2.44. The molecule has 0 bridgehead atoms. The van der Waals surface area contributed by atoms with Crippen LogP contribution in [0, 0.1) is 0 Å². The maximum atomic E-state index is 12.7. The predicted molar refractivity (Wildman–Crippen MR) is 81.7 cm³/mol. The van der Waals surface area contributed by atoms with Gasteiger partial charge in [0, 0.05) is 37.9 Å². The van der Waals surface area contributed by atoms with Gasteiger partial charge in [0.25, 0.3) is 5.91 Å². The molecule has 21 heavy (non-hydrogen) atoms. The molecule has 0 saturated carbocycles. The second-order valence-corrected chi connectivity index (χ2v) is 5.69. The Balaban J connectivity index is 2.20. The highest BCUT2D eigenvalue weighted by molar-refractivity contribution is 5.95. The molecule has 1 aliphatic heterocycles. The maximum absolute atomic E-state index is 12.7. The average Bonchev–Trinajstić information content (AvgIpc) is 2.46. The van der Waals surface area contributed by atoms with E-state index in [1.165, 1.54) is 0 Å². The lowest BCUT2D eigenvalue weighted by molar-refractivity contribution is -0.138. The van der Waals surface area contributed by atoms with Crippen LogP contribution in [0.2, 0.25) is 0 Å². The normalized spacial score (nSPS) is 18.4. The van der Waals surface area contributed by atoms with Crippen LogP contribution >= 0.6 is 0 Å². The van der Waals surface area contributed by atoms with Gasteiger partial charge in [-0.25, -0.2) is 0 Å². The van der Waals surface area contributed by atoms with Crippen molar-refractivity contribution >= 4 is 17.6 Å². The molecular formula is C16H22N2O3. The number of aliphatic carboxylic acids is 1. The van der Waals surface area contributed by atoms with E-state index in [9.17, 15) is 9.59 Å². The Bertz CT molecular complexity index is 528. The Morgan fingerprint density at radius 1 is 1.33 bits per heavy atom. The minimum atomic E-state index is -0.846.